The molecule has 1 aliphatic heterocycles. The zero-order valence-corrected chi connectivity index (χ0v) is 16.1. The molecule has 3 heterocycles. The van der Waals surface area contributed by atoms with Crippen LogP contribution in [0.2, 0.25) is 0 Å². The van der Waals surface area contributed by atoms with Crippen molar-refractivity contribution < 1.29 is 9.21 Å². The van der Waals surface area contributed by atoms with Gasteiger partial charge in [0.1, 0.15) is 0 Å². The molecule has 0 unspecified atom stereocenters. The SMILES string of the molecule is Cc1ccc2oc(N3CCCN(C(=O)C4(c5ccccc5)CC4)CC3)nc2n1. The molecule has 0 radical (unpaired) electrons. The van der Waals surface area contributed by atoms with Crippen LogP contribution in [-0.4, -0.2) is 47.0 Å². The maximum Gasteiger partial charge on any atom is 0.300 e. The lowest BCUT2D eigenvalue weighted by Gasteiger charge is -2.26. The first-order valence-electron chi connectivity index (χ1n) is 10.00. The number of amides is 1. The predicted octanol–water partition coefficient (Wildman–Crippen LogP) is 3.30. The number of benzene rings is 1. The molecular weight excluding hydrogens is 352 g/mol. The number of oxazole rings is 1. The summed E-state index contributed by atoms with van der Waals surface area (Å²) in [6.45, 7) is 4.97. The van der Waals surface area contributed by atoms with E-state index >= 15 is 0 Å². The van der Waals surface area contributed by atoms with Crippen LogP contribution in [0.3, 0.4) is 0 Å². The van der Waals surface area contributed by atoms with Gasteiger partial charge in [-0.2, -0.15) is 4.98 Å². The second-order valence-corrected chi connectivity index (χ2v) is 7.85. The fraction of sp³-hybridized carbons (Fsp3) is 0.409. The van der Waals surface area contributed by atoms with E-state index in [1.54, 1.807) is 0 Å². The summed E-state index contributed by atoms with van der Waals surface area (Å²) >= 11 is 0. The predicted molar refractivity (Wildman–Crippen MR) is 107 cm³/mol. The fourth-order valence-electron chi connectivity index (χ4n) is 4.16. The van der Waals surface area contributed by atoms with Gasteiger partial charge in [0.2, 0.25) is 11.6 Å². The van der Waals surface area contributed by atoms with Crippen molar-refractivity contribution in [2.45, 2.75) is 31.6 Å². The molecule has 1 aromatic carbocycles. The molecule has 0 atom stereocenters. The number of nitrogens with zero attached hydrogens (tertiary/aromatic N) is 4. The van der Waals surface area contributed by atoms with Crippen LogP contribution in [0, 0.1) is 6.92 Å². The van der Waals surface area contributed by atoms with Crippen molar-refractivity contribution in [2.75, 3.05) is 31.1 Å². The summed E-state index contributed by atoms with van der Waals surface area (Å²) < 4.78 is 5.91. The largest absolute Gasteiger partial charge is 0.422 e. The number of fused-ring (bicyclic) bond motifs is 1. The van der Waals surface area contributed by atoms with E-state index in [0.717, 1.165) is 50.2 Å². The van der Waals surface area contributed by atoms with Crippen LogP contribution in [-0.2, 0) is 10.2 Å². The van der Waals surface area contributed by atoms with E-state index in [-0.39, 0.29) is 11.3 Å². The van der Waals surface area contributed by atoms with Gasteiger partial charge in [-0.25, -0.2) is 4.98 Å². The zero-order chi connectivity index (χ0) is 19.1. The Morgan fingerprint density at radius 2 is 1.82 bits per heavy atom. The van der Waals surface area contributed by atoms with Crippen molar-refractivity contribution in [2.24, 2.45) is 0 Å². The quantitative estimate of drug-likeness (QED) is 0.702. The third-order valence-electron chi connectivity index (χ3n) is 5.92. The number of carbonyl (C=O) groups is 1. The lowest BCUT2D eigenvalue weighted by molar-refractivity contribution is -0.133. The highest BCUT2D eigenvalue weighted by Crippen LogP contribution is 2.49. The van der Waals surface area contributed by atoms with Crippen LogP contribution in [0.25, 0.3) is 11.2 Å². The van der Waals surface area contributed by atoms with Crippen LogP contribution in [0.1, 0.15) is 30.5 Å². The number of anilines is 1. The van der Waals surface area contributed by atoms with Gasteiger partial charge in [-0.15, -0.1) is 0 Å². The molecule has 0 N–H and O–H groups in total. The van der Waals surface area contributed by atoms with Gasteiger partial charge < -0.3 is 14.2 Å². The Labute approximate surface area is 164 Å². The number of rotatable bonds is 3. The van der Waals surface area contributed by atoms with E-state index in [0.29, 0.717) is 23.8 Å². The van der Waals surface area contributed by atoms with Crippen molar-refractivity contribution in [1.82, 2.24) is 14.9 Å². The van der Waals surface area contributed by atoms with E-state index in [1.807, 2.05) is 42.2 Å². The van der Waals surface area contributed by atoms with Gasteiger partial charge >= 0.3 is 0 Å². The Kier molecular flexibility index (Phi) is 4.07. The Morgan fingerprint density at radius 3 is 2.61 bits per heavy atom. The molecule has 28 heavy (non-hydrogen) atoms. The van der Waals surface area contributed by atoms with Gasteiger partial charge in [-0.3, -0.25) is 4.79 Å². The maximum atomic E-state index is 13.3. The molecule has 0 spiro atoms. The van der Waals surface area contributed by atoms with Gasteiger partial charge in [0, 0.05) is 31.9 Å². The Morgan fingerprint density at radius 1 is 1.00 bits per heavy atom. The summed E-state index contributed by atoms with van der Waals surface area (Å²) in [6.07, 6.45) is 2.81. The van der Waals surface area contributed by atoms with Crippen molar-refractivity contribution in [1.29, 1.82) is 0 Å². The normalized spacial score (nSPS) is 18.9. The molecule has 1 saturated heterocycles. The smallest absolute Gasteiger partial charge is 0.300 e. The van der Waals surface area contributed by atoms with Crippen molar-refractivity contribution in [3.8, 4) is 0 Å². The van der Waals surface area contributed by atoms with E-state index in [9.17, 15) is 4.79 Å². The van der Waals surface area contributed by atoms with Gasteiger partial charge in [0.25, 0.3) is 6.01 Å². The summed E-state index contributed by atoms with van der Waals surface area (Å²) in [5.74, 6) is 0.274. The number of hydrogen-bond acceptors (Lipinski definition) is 5. The van der Waals surface area contributed by atoms with Crippen molar-refractivity contribution in [3.63, 3.8) is 0 Å². The van der Waals surface area contributed by atoms with Crippen LogP contribution in [0.5, 0.6) is 0 Å². The Hall–Kier alpha value is -2.89. The first-order chi connectivity index (χ1) is 13.7. The summed E-state index contributed by atoms with van der Waals surface area (Å²) in [6, 6.07) is 14.7. The molecule has 5 rings (SSSR count). The average Bonchev–Trinajstić information content (AvgIpc) is 3.47. The van der Waals surface area contributed by atoms with Gasteiger partial charge in [-0.05, 0) is 43.9 Å². The molecule has 6 nitrogen and oxygen atoms in total. The Bertz CT molecular complexity index is 1010. The molecule has 3 aromatic rings. The standard InChI is InChI=1S/C22H24N4O2/c1-16-8-9-18-19(23-16)24-21(28-18)26-13-5-12-25(14-15-26)20(27)22(10-11-22)17-6-3-2-4-7-17/h2-4,6-9H,5,10-15H2,1H3. The molecule has 6 heteroatoms. The van der Waals surface area contributed by atoms with Gasteiger partial charge in [-0.1, -0.05) is 30.3 Å². The second-order valence-electron chi connectivity index (χ2n) is 7.85. The molecule has 2 aromatic heterocycles. The molecule has 2 aliphatic rings. The van der Waals surface area contributed by atoms with E-state index in [2.05, 4.69) is 27.0 Å². The Balaban J connectivity index is 1.32. The fourth-order valence-corrected chi connectivity index (χ4v) is 4.16. The monoisotopic (exact) mass is 376 g/mol. The third kappa shape index (κ3) is 2.93. The average molecular weight is 376 g/mol. The number of aromatic nitrogens is 2. The highest BCUT2D eigenvalue weighted by molar-refractivity contribution is 5.91. The summed E-state index contributed by atoms with van der Waals surface area (Å²) in [4.78, 5) is 26.5. The van der Waals surface area contributed by atoms with Crippen molar-refractivity contribution >= 4 is 23.2 Å². The lowest BCUT2D eigenvalue weighted by Crippen LogP contribution is -2.41. The molecule has 144 valence electrons. The summed E-state index contributed by atoms with van der Waals surface area (Å²) in [5.41, 5.74) is 3.14. The number of pyridine rings is 1. The molecule has 2 fully saturated rings. The second kappa shape index (κ2) is 6.62. The van der Waals surface area contributed by atoms with Gasteiger partial charge in [0.05, 0.1) is 5.41 Å². The summed E-state index contributed by atoms with van der Waals surface area (Å²) in [5, 5.41) is 0. The number of aryl methyl sites for hydroxylation is 1. The topological polar surface area (TPSA) is 62.5 Å². The first kappa shape index (κ1) is 17.2. The maximum absolute atomic E-state index is 13.3. The van der Waals surface area contributed by atoms with E-state index < -0.39 is 0 Å². The molecule has 1 aliphatic carbocycles. The van der Waals surface area contributed by atoms with Crippen LogP contribution in [0.4, 0.5) is 6.01 Å². The molecule has 1 saturated carbocycles. The molecule has 1 amide bonds. The lowest BCUT2D eigenvalue weighted by atomic mass is 9.94. The number of carbonyl (C=O) groups excluding carboxylic acids is 1. The molecular formula is C22H24N4O2. The minimum Gasteiger partial charge on any atom is -0.422 e. The first-order valence-corrected chi connectivity index (χ1v) is 10.00. The minimum atomic E-state index is -0.296. The van der Waals surface area contributed by atoms with Crippen LogP contribution >= 0.6 is 0 Å². The minimum absolute atomic E-state index is 0.274. The highest BCUT2D eigenvalue weighted by Gasteiger charge is 2.52. The van der Waals surface area contributed by atoms with Crippen LogP contribution in [0.15, 0.2) is 46.9 Å². The van der Waals surface area contributed by atoms with Gasteiger partial charge in [0.15, 0.2) is 5.58 Å². The number of hydrogen-bond donors (Lipinski definition) is 0. The van der Waals surface area contributed by atoms with E-state index in [1.165, 1.54) is 0 Å². The van der Waals surface area contributed by atoms with Crippen molar-refractivity contribution in [3.05, 3.63) is 53.7 Å². The zero-order valence-electron chi connectivity index (χ0n) is 16.1. The van der Waals surface area contributed by atoms with Crippen LogP contribution < -0.4 is 4.90 Å². The highest BCUT2D eigenvalue weighted by atomic mass is 16.4. The summed E-state index contributed by atoms with van der Waals surface area (Å²) in [7, 11) is 0. The third-order valence-corrected chi connectivity index (χ3v) is 5.92. The molecule has 0 bridgehead atoms. The van der Waals surface area contributed by atoms with E-state index in [4.69, 9.17) is 4.42 Å².